The van der Waals surface area contributed by atoms with Crippen molar-refractivity contribution in [3.05, 3.63) is 58.9 Å². The lowest BCUT2D eigenvalue weighted by Gasteiger charge is -2.23. The number of hydrogen-bond donors (Lipinski definition) is 1. The lowest BCUT2D eigenvalue weighted by molar-refractivity contribution is -0.121. The number of nitrogens with zero attached hydrogens (tertiary/aromatic N) is 2. The van der Waals surface area contributed by atoms with E-state index in [1.807, 2.05) is 45.0 Å². The average molecular weight is 412 g/mol. The van der Waals surface area contributed by atoms with Crippen LogP contribution in [0.4, 0.5) is 0 Å². The molecule has 6 nitrogen and oxygen atoms in total. The summed E-state index contributed by atoms with van der Waals surface area (Å²) in [5.41, 5.74) is 0.634. The van der Waals surface area contributed by atoms with Crippen LogP contribution in [0.2, 0.25) is 0 Å². The third kappa shape index (κ3) is 4.62. The van der Waals surface area contributed by atoms with Crippen LogP contribution in [-0.2, 0) is 4.79 Å². The molecule has 152 valence electrons. The number of benzene rings is 2. The van der Waals surface area contributed by atoms with Gasteiger partial charge in [-0.25, -0.2) is 4.98 Å². The summed E-state index contributed by atoms with van der Waals surface area (Å²) in [5.74, 6) is 0.441. The molecule has 1 atom stereocenters. The van der Waals surface area contributed by atoms with Gasteiger partial charge in [-0.15, -0.1) is 0 Å². The quantitative estimate of drug-likeness (QED) is 0.511. The molecular formula is C22H25N3O3S. The van der Waals surface area contributed by atoms with Crippen molar-refractivity contribution >= 4 is 28.6 Å². The fourth-order valence-electron chi connectivity index (χ4n) is 2.90. The summed E-state index contributed by atoms with van der Waals surface area (Å²) in [4.78, 5) is 30.7. The van der Waals surface area contributed by atoms with Gasteiger partial charge >= 0.3 is 0 Å². The highest BCUT2D eigenvalue weighted by Crippen LogP contribution is 2.29. The van der Waals surface area contributed by atoms with Gasteiger partial charge in [0, 0.05) is 5.54 Å². The van der Waals surface area contributed by atoms with Crippen LogP contribution in [0.1, 0.15) is 27.7 Å². The van der Waals surface area contributed by atoms with Gasteiger partial charge in [0.05, 0.1) is 29.0 Å². The number of ether oxygens (including phenoxy) is 1. The van der Waals surface area contributed by atoms with Crippen LogP contribution in [0, 0.1) is 0 Å². The van der Waals surface area contributed by atoms with Crippen molar-refractivity contribution in [3.63, 3.8) is 0 Å². The molecule has 29 heavy (non-hydrogen) atoms. The molecule has 1 heterocycles. The molecule has 1 amide bonds. The third-order valence-electron chi connectivity index (χ3n) is 4.22. The molecule has 1 aromatic heterocycles. The first kappa shape index (κ1) is 20.9. The minimum atomic E-state index is -0.441. The predicted molar refractivity (Wildman–Crippen MR) is 117 cm³/mol. The number of carbonyl (C=O) groups excluding carboxylic acids is 1. The zero-order valence-corrected chi connectivity index (χ0v) is 18.0. The molecule has 2 aromatic carbocycles. The summed E-state index contributed by atoms with van der Waals surface area (Å²) in [6, 6.07) is 14.5. The highest BCUT2D eigenvalue weighted by Gasteiger charge is 2.24. The maximum absolute atomic E-state index is 13.4. The zero-order valence-electron chi connectivity index (χ0n) is 17.2. The number of hydrogen-bond acceptors (Lipinski definition) is 5. The van der Waals surface area contributed by atoms with Crippen LogP contribution in [0.15, 0.2) is 58.5 Å². The predicted octanol–water partition coefficient (Wildman–Crippen LogP) is 3.79. The standard InChI is InChI=1S/C22H25N3O3S/c1-14(19(26)24-22(2,3)4)29-21-23-16-11-7-6-10-15(16)20(27)25(21)17-12-8-9-13-18(17)28-5/h6-14H,1-5H3,(H,24,26)/t14-/m1/s1. The molecule has 0 aliphatic carbocycles. The highest BCUT2D eigenvalue weighted by molar-refractivity contribution is 8.00. The van der Waals surface area contributed by atoms with Crippen LogP contribution < -0.4 is 15.6 Å². The largest absolute Gasteiger partial charge is 0.495 e. The number of fused-ring (bicyclic) bond motifs is 1. The Labute approximate surface area is 174 Å². The van der Waals surface area contributed by atoms with E-state index in [-0.39, 0.29) is 17.0 Å². The van der Waals surface area contributed by atoms with Gasteiger partial charge < -0.3 is 10.1 Å². The Morgan fingerprint density at radius 3 is 2.48 bits per heavy atom. The Morgan fingerprint density at radius 1 is 1.14 bits per heavy atom. The molecule has 3 aromatic rings. The second kappa shape index (κ2) is 8.29. The van der Waals surface area contributed by atoms with Crippen LogP contribution in [0.25, 0.3) is 16.6 Å². The average Bonchev–Trinajstić information content (AvgIpc) is 2.67. The van der Waals surface area contributed by atoms with Gasteiger partial charge in [0.1, 0.15) is 5.75 Å². The zero-order chi connectivity index (χ0) is 21.2. The fourth-order valence-corrected chi connectivity index (χ4v) is 3.82. The summed E-state index contributed by atoms with van der Waals surface area (Å²) >= 11 is 1.25. The molecule has 1 N–H and O–H groups in total. The first-order chi connectivity index (χ1) is 13.7. The number of methoxy groups -OCH3 is 1. The molecular weight excluding hydrogens is 386 g/mol. The van der Waals surface area contributed by atoms with Gasteiger partial charge in [0.2, 0.25) is 5.91 Å². The Balaban J connectivity index is 2.15. The molecule has 0 bridgehead atoms. The molecule has 0 aliphatic rings. The maximum atomic E-state index is 13.4. The molecule has 3 rings (SSSR count). The fraction of sp³-hybridized carbons (Fsp3) is 0.318. The number of carbonyl (C=O) groups is 1. The van der Waals surface area contributed by atoms with E-state index >= 15 is 0 Å². The van der Waals surface area contributed by atoms with Crippen molar-refractivity contribution in [2.75, 3.05) is 7.11 Å². The Kier molecular flexibility index (Phi) is 5.98. The monoisotopic (exact) mass is 411 g/mol. The van der Waals surface area contributed by atoms with E-state index in [4.69, 9.17) is 9.72 Å². The lowest BCUT2D eigenvalue weighted by atomic mass is 10.1. The van der Waals surface area contributed by atoms with Crippen molar-refractivity contribution in [1.29, 1.82) is 0 Å². The first-order valence-electron chi connectivity index (χ1n) is 9.35. The van der Waals surface area contributed by atoms with Gasteiger partial charge in [-0.3, -0.25) is 14.2 Å². The minimum absolute atomic E-state index is 0.114. The van der Waals surface area contributed by atoms with Crippen LogP contribution in [-0.4, -0.2) is 33.4 Å². The van der Waals surface area contributed by atoms with Gasteiger partial charge in [0.15, 0.2) is 5.16 Å². The van der Waals surface area contributed by atoms with E-state index in [2.05, 4.69) is 5.32 Å². The molecule has 0 saturated carbocycles. The van der Waals surface area contributed by atoms with Crippen LogP contribution in [0.5, 0.6) is 5.75 Å². The van der Waals surface area contributed by atoms with Gasteiger partial charge in [-0.2, -0.15) is 0 Å². The Hall–Kier alpha value is -2.80. The Morgan fingerprint density at radius 2 is 1.79 bits per heavy atom. The van der Waals surface area contributed by atoms with Gasteiger partial charge in [-0.05, 0) is 52.0 Å². The van der Waals surface area contributed by atoms with Crippen LogP contribution in [0.3, 0.4) is 0 Å². The summed E-state index contributed by atoms with van der Waals surface area (Å²) in [6.07, 6.45) is 0. The smallest absolute Gasteiger partial charge is 0.266 e. The molecule has 0 saturated heterocycles. The van der Waals surface area contributed by atoms with Gasteiger partial charge in [-0.1, -0.05) is 36.0 Å². The normalized spacial score (nSPS) is 12.6. The molecule has 0 spiro atoms. The van der Waals surface area contributed by atoms with E-state index < -0.39 is 5.25 Å². The van der Waals surface area contributed by atoms with Crippen molar-refractivity contribution in [2.24, 2.45) is 0 Å². The summed E-state index contributed by atoms with van der Waals surface area (Å²) < 4.78 is 6.98. The maximum Gasteiger partial charge on any atom is 0.266 e. The number of aromatic nitrogens is 2. The van der Waals surface area contributed by atoms with Crippen LogP contribution >= 0.6 is 11.8 Å². The van der Waals surface area contributed by atoms with Crippen molar-refractivity contribution in [3.8, 4) is 11.4 Å². The molecule has 0 unspecified atom stereocenters. The van der Waals surface area contributed by atoms with E-state index in [1.165, 1.54) is 16.3 Å². The number of nitrogens with one attached hydrogen (secondary N) is 1. The van der Waals surface area contributed by atoms with Crippen molar-refractivity contribution in [1.82, 2.24) is 14.9 Å². The molecule has 7 heteroatoms. The number of amides is 1. The summed E-state index contributed by atoms with van der Waals surface area (Å²) in [6.45, 7) is 7.60. The number of rotatable bonds is 5. The minimum Gasteiger partial charge on any atom is -0.495 e. The molecule has 0 radical (unpaired) electrons. The van der Waals surface area contributed by atoms with E-state index in [0.29, 0.717) is 27.5 Å². The molecule has 0 aliphatic heterocycles. The van der Waals surface area contributed by atoms with Gasteiger partial charge in [0.25, 0.3) is 5.56 Å². The lowest BCUT2D eigenvalue weighted by Crippen LogP contribution is -2.44. The summed E-state index contributed by atoms with van der Waals surface area (Å²) in [5, 5.41) is 3.48. The first-order valence-corrected chi connectivity index (χ1v) is 10.2. The second-order valence-corrected chi connectivity index (χ2v) is 9.03. The number of para-hydroxylation sites is 3. The van der Waals surface area contributed by atoms with Crippen molar-refractivity contribution < 1.29 is 9.53 Å². The summed E-state index contributed by atoms with van der Waals surface area (Å²) in [7, 11) is 1.56. The second-order valence-electron chi connectivity index (χ2n) is 7.72. The van der Waals surface area contributed by atoms with E-state index in [0.717, 1.165) is 0 Å². The third-order valence-corrected chi connectivity index (χ3v) is 5.27. The highest BCUT2D eigenvalue weighted by atomic mass is 32.2. The molecule has 0 fully saturated rings. The van der Waals surface area contributed by atoms with E-state index in [1.54, 1.807) is 38.3 Å². The van der Waals surface area contributed by atoms with Crippen molar-refractivity contribution in [2.45, 2.75) is 43.6 Å². The van der Waals surface area contributed by atoms with E-state index in [9.17, 15) is 9.59 Å². The number of thioether (sulfide) groups is 1. The Bertz CT molecular complexity index is 1100. The topological polar surface area (TPSA) is 73.2 Å². The SMILES string of the molecule is COc1ccccc1-n1c(S[C@H](C)C(=O)NC(C)(C)C)nc2ccccc2c1=O.